The van der Waals surface area contributed by atoms with Crippen molar-refractivity contribution in [2.24, 2.45) is 5.73 Å². The molecule has 6 nitrogen and oxygen atoms in total. The van der Waals surface area contributed by atoms with Gasteiger partial charge < -0.3 is 5.73 Å². The molecule has 2 N–H and O–H groups in total. The van der Waals surface area contributed by atoms with Gasteiger partial charge in [-0.2, -0.15) is 8.42 Å². The van der Waals surface area contributed by atoms with Crippen LogP contribution in [0.5, 0.6) is 0 Å². The SMILES string of the molecule is CS(=O)(=O)OCc1ccc(C(N)=O)nc1. The minimum Gasteiger partial charge on any atom is -0.364 e. The first-order valence-electron chi connectivity index (χ1n) is 3.97. The molecule has 82 valence electrons. The van der Waals surface area contributed by atoms with Crippen LogP contribution in [0.1, 0.15) is 16.1 Å². The number of carbonyl (C=O) groups is 1. The number of nitrogens with two attached hydrogens (primary N) is 1. The van der Waals surface area contributed by atoms with Gasteiger partial charge in [-0.25, -0.2) is 0 Å². The van der Waals surface area contributed by atoms with E-state index >= 15 is 0 Å². The van der Waals surface area contributed by atoms with Crippen molar-refractivity contribution in [1.29, 1.82) is 0 Å². The third-order valence-electron chi connectivity index (χ3n) is 1.52. The van der Waals surface area contributed by atoms with Crippen LogP contribution in [-0.4, -0.2) is 25.6 Å². The molecule has 1 aromatic rings. The van der Waals surface area contributed by atoms with Crippen LogP contribution in [0.2, 0.25) is 0 Å². The monoisotopic (exact) mass is 230 g/mol. The maximum absolute atomic E-state index is 10.7. The number of aromatic nitrogens is 1. The number of rotatable bonds is 4. The zero-order valence-corrected chi connectivity index (χ0v) is 8.82. The molecule has 0 aliphatic carbocycles. The second kappa shape index (κ2) is 4.37. The maximum Gasteiger partial charge on any atom is 0.267 e. The van der Waals surface area contributed by atoms with E-state index < -0.39 is 16.0 Å². The first-order chi connectivity index (χ1) is 6.88. The van der Waals surface area contributed by atoms with E-state index in [1.165, 1.54) is 18.3 Å². The fourth-order valence-corrected chi connectivity index (χ4v) is 1.18. The second-order valence-electron chi connectivity index (χ2n) is 2.88. The van der Waals surface area contributed by atoms with Crippen LogP contribution in [0.15, 0.2) is 18.3 Å². The summed E-state index contributed by atoms with van der Waals surface area (Å²) in [6.45, 7) is -0.106. The minimum atomic E-state index is -3.47. The Labute approximate surface area is 87.2 Å². The molecule has 15 heavy (non-hydrogen) atoms. The Balaban J connectivity index is 2.69. The van der Waals surface area contributed by atoms with E-state index in [1.807, 2.05) is 0 Å². The molecular formula is C8H10N2O4S. The fraction of sp³-hybridized carbons (Fsp3) is 0.250. The third kappa shape index (κ3) is 4.05. The molecule has 0 bridgehead atoms. The van der Waals surface area contributed by atoms with Crippen molar-refractivity contribution in [3.63, 3.8) is 0 Å². The van der Waals surface area contributed by atoms with Gasteiger partial charge in [0.25, 0.3) is 16.0 Å². The van der Waals surface area contributed by atoms with E-state index in [2.05, 4.69) is 9.17 Å². The van der Waals surface area contributed by atoms with Crippen LogP contribution in [0.4, 0.5) is 0 Å². The van der Waals surface area contributed by atoms with Crippen LogP contribution in [-0.2, 0) is 20.9 Å². The van der Waals surface area contributed by atoms with Gasteiger partial charge in [-0.3, -0.25) is 14.0 Å². The molecule has 1 heterocycles. The lowest BCUT2D eigenvalue weighted by atomic mass is 10.2. The molecule has 0 aliphatic heterocycles. The van der Waals surface area contributed by atoms with Gasteiger partial charge in [0, 0.05) is 6.20 Å². The van der Waals surface area contributed by atoms with Gasteiger partial charge in [0.05, 0.1) is 12.9 Å². The van der Waals surface area contributed by atoms with Crippen molar-refractivity contribution in [2.75, 3.05) is 6.26 Å². The van der Waals surface area contributed by atoms with E-state index in [1.54, 1.807) is 0 Å². The number of amides is 1. The number of carbonyl (C=O) groups excluding carboxylic acids is 1. The summed E-state index contributed by atoms with van der Waals surface area (Å²) in [6.07, 6.45) is 2.30. The number of pyridine rings is 1. The number of hydrogen-bond donors (Lipinski definition) is 1. The normalized spacial score (nSPS) is 11.3. The lowest BCUT2D eigenvalue weighted by molar-refractivity contribution is 0.0995. The summed E-state index contributed by atoms with van der Waals surface area (Å²) in [7, 11) is -3.47. The first kappa shape index (κ1) is 11.6. The Morgan fingerprint density at radius 2 is 2.20 bits per heavy atom. The van der Waals surface area contributed by atoms with E-state index in [0.29, 0.717) is 5.56 Å². The highest BCUT2D eigenvalue weighted by molar-refractivity contribution is 7.85. The predicted octanol–water partition coefficient (Wildman–Crippen LogP) is -0.343. The van der Waals surface area contributed by atoms with Crippen LogP contribution < -0.4 is 5.73 Å². The lowest BCUT2D eigenvalue weighted by Crippen LogP contribution is -2.13. The van der Waals surface area contributed by atoms with E-state index in [4.69, 9.17) is 5.73 Å². The van der Waals surface area contributed by atoms with Crippen molar-refractivity contribution in [2.45, 2.75) is 6.61 Å². The van der Waals surface area contributed by atoms with Crippen molar-refractivity contribution in [1.82, 2.24) is 4.98 Å². The number of hydrogen-bond acceptors (Lipinski definition) is 5. The molecule has 1 amide bonds. The Morgan fingerprint density at radius 1 is 1.53 bits per heavy atom. The summed E-state index contributed by atoms with van der Waals surface area (Å²) in [6, 6.07) is 2.93. The minimum absolute atomic E-state index is 0.106. The average molecular weight is 230 g/mol. The molecule has 7 heteroatoms. The fourth-order valence-electron chi connectivity index (χ4n) is 0.831. The molecule has 1 rings (SSSR count). The quantitative estimate of drug-likeness (QED) is 0.713. The van der Waals surface area contributed by atoms with Gasteiger partial charge in [0.15, 0.2) is 0 Å². The van der Waals surface area contributed by atoms with Crippen molar-refractivity contribution in [3.8, 4) is 0 Å². The standard InChI is InChI=1S/C8H10N2O4S/c1-15(12,13)14-5-6-2-3-7(8(9)11)10-4-6/h2-4H,5H2,1H3,(H2,9,11). The van der Waals surface area contributed by atoms with Crippen molar-refractivity contribution >= 4 is 16.0 Å². The van der Waals surface area contributed by atoms with Gasteiger partial charge in [-0.1, -0.05) is 6.07 Å². The zero-order valence-electron chi connectivity index (χ0n) is 8.00. The van der Waals surface area contributed by atoms with Gasteiger partial charge in [0.2, 0.25) is 0 Å². The van der Waals surface area contributed by atoms with Crippen LogP contribution in [0.25, 0.3) is 0 Å². The molecule has 0 aliphatic rings. The zero-order chi connectivity index (χ0) is 11.5. The molecule has 0 aromatic carbocycles. The second-order valence-corrected chi connectivity index (χ2v) is 4.53. The Morgan fingerprint density at radius 3 is 2.60 bits per heavy atom. The van der Waals surface area contributed by atoms with E-state index in [-0.39, 0.29) is 12.3 Å². The maximum atomic E-state index is 10.7. The van der Waals surface area contributed by atoms with E-state index in [9.17, 15) is 13.2 Å². The third-order valence-corrected chi connectivity index (χ3v) is 2.06. The molecule has 1 aromatic heterocycles. The summed E-state index contributed by atoms with van der Waals surface area (Å²) in [5, 5.41) is 0. The molecule has 0 spiro atoms. The van der Waals surface area contributed by atoms with Gasteiger partial charge in [-0.15, -0.1) is 0 Å². The average Bonchev–Trinajstić information content (AvgIpc) is 2.14. The lowest BCUT2D eigenvalue weighted by Gasteiger charge is -2.01. The summed E-state index contributed by atoms with van der Waals surface area (Å²) in [5.41, 5.74) is 5.65. The van der Waals surface area contributed by atoms with Crippen LogP contribution in [0, 0.1) is 0 Å². The smallest absolute Gasteiger partial charge is 0.267 e. The highest BCUT2D eigenvalue weighted by Crippen LogP contribution is 2.03. The summed E-state index contributed by atoms with van der Waals surface area (Å²) in [5.74, 6) is -0.634. The van der Waals surface area contributed by atoms with Crippen molar-refractivity contribution < 1.29 is 17.4 Å². The predicted molar refractivity (Wildman–Crippen MR) is 52.4 cm³/mol. The van der Waals surface area contributed by atoms with Crippen LogP contribution >= 0.6 is 0 Å². The topological polar surface area (TPSA) is 99.4 Å². The van der Waals surface area contributed by atoms with Gasteiger partial charge in [-0.05, 0) is 11.6 Å². The molecule has 0 atom stereocenters. The molecule has 0 fully saturated rings. The Bertz CT molecular complexity index is 452. The molecule has 0 saturated heterocycles. The van der Waals surface area contributed by atoms with Crippen LogP contribution in [0.3, 0.4) is 0 Å². The van der Waals surface area contributed by atoms with Gasteiger partial charge >= 0.3 is 0 Å². The molecule has 0 radical (unpaired) electrons. The first-order valence-corrected chi connectivity index (χ1v) is 5.79. The largest absolute Gasteiger partial charge is 0.364 e. The summed E-state index contributed by atoms with van der Waals surface area (Å²) in [4.78, 5) is 14.4. The molecular weight excluding hydrogens is 220 g/mol. The van der Waals surface area contributed by atoms with Gasteiger partial charge in [0.1, 0.15) is 5.69 Å². The molecule has 0 unspecified atom stereocenters. The highest BCUT2D eigenvalue weighted by atomic mass is 32.2. The summed E-state index contributed by atoms with van der Waals surface area (Å²) < 4.78 is 25.9. The number of nitrogens with zero attached hydrogens (tertiary/aromatic N) is 1. The van der Waals surface area contributed by atoms with E-state index in [0.717, 1.165) is 6.26 Å². The number of primary amides is 1. The van der Waals surface area contributed by atoms with Crippen molar-refractivity contribution in [3.05, 3.63) is 29.6 Å². The Kier molecular flexibility index (Phi) is 3.38. The Hall–Kier alpha value is -1.47. The molecule has 0 saturated carbocycles. The highest BCUT2D eigenvalue weighted by Gasteiger charge is 2.04. The summed E-state index contributed by atoms with van der Waals surface area (Å²) >= 11 is 0.